The second-order valence-corrected chi connectivity index (χ2v) is 7.09. The van der Waals surface area contributed by atoms with E-state index in [0.717, 1.165) is 24.2 Å². The number of ether oxygens (including phenoxy) is 1. The summed E-state index contributed by atoms with van der Waals surface area (Å²) >= 11 is 0. The van der Waals surface area contributed by atoms with Crippen LogP contribution in [0.2, 0.25) is 0 Å². The summed E-state index contributed by atoms with van der Waals surface area (Å²) in [5.41, 5.74) is 1.92. The SMILES string of the molecule is COc1ccc(C2(C)CCC(C)(c3ccccc3)CC2=O)cc1. The van der Waals surface area contributed by atoms with Crippen molar-refractivity contribution in [3.63, 3.8) is 0 Å². The van der Waals surface area contributed by atoms with Crippen LogP contribution in [0.15, 0.2) is 54.6 Å². The minimum absolute atomic E-state index is 0.0513. The molecule has 0 bridgehead atoms. The fraction of sp³-hybridized carbons (Fsp3) is 0.381. The highest BCUT2D eigenvalue weighted by atomic mass is 16.5. The second-order valence-electron chi connectivity index (χ2n) is 7.09. The summed E-state index contributed by atoms with van der Waals surface area (Å²) in [6, 6.07) is 18.4. The number of ketones is 1. The van der Waals surface area contributed by atoms with Crippen LogP contribution in [0.3, 0.4) is 0 Å². The van der Waals surface area contributed by atoms with E-state index in [-0.39, 0.29) is 10.8 Å². The van der Waals surface area contributed by atoms with Gasteiger partial charge in [-0.15, -0.1) is 0 Å². The number of hydrogen-bond donors (Lipinski definition) is 0. The maximum atomic E-state index is 13.0. The third kappa shape index (κ3) is 2.78. The van der Waals surface area contributed by atoms with Crippen LogP contribution >= 0.6 is 0 Å². The van der Waals surface area contributed by atoms with Gasteiger partial charge in [0.15, 0.2) is 0 Å². The van der Waals surface area contributed by atoms with E-state index in [0.29, 0.717) is 12.2 Å². The van der Waals surface area contributed by atoms with Crippen molar-refractivity contribution in [2.75, 3.05) is 7.11 Å². The first-order chi connectivity index (χ1) is 11.0. The van der Waals surface area contributed by atoms with Crippen molar-refractivity contribution >= 4 is 5.78 Å². The predicted octanol–water partition coefficient (Wildman–Crippen LogP) is 4.66. The standard InChI is InChI=1S/C21H24O2/c1-20(16-7-5-4-6-8-16)13-14-21(2,19(22)15-20)17-9-11-18(23-3)12-10-17/h4-12H,13-15H2,1-3H3. The van der Waals surface area contributed by atoms with E-state index in [1.165, 1.54) is 5.56 Å². The molecule has 1 fully saturated rings. The highest BCUT2D eigenvalue weighted by molar-refractivity contribution is 5.91. The van der Waals surface area contributed by atoms with Gasteiger partial charge in [-0.05, 0) is 48.4 Å². The van der Waals surface area contributed by atoms with Crippen molar-refractivity contribution in [1.82, 2.24) is 0 Å². The maximum Gasteiger partial charge on any atom is 0.143 e. The van der Waals surface area contributed by atoms with E-state index >= 15 is 0 Å². The van der Waals surface area contributed by atoms with Crippen molar-refractivity contribution in [3.8, 4) is 5.75 Å². The van der Waals surface area contributed by atoms with Crippen LogP contribution in [0.25, 0.3) is 0 Å². The molecule has 3 rings (SSSR count). The minimum atomic E-state index is -0.388. The Morgan fingerprint density at radius 2 is 1.52 bits per heavy atom. The molecule has 2 atom stereocenters. The summed E-state index contributed by atoms with van der Waals surface area (Å²) < 4.78 is 5.22. The number of methoxy groups -OCH3 is 1. The third-order valence-corrected chi connectivity index (χ3v) is 5.54. The Morgan fingerprint density at radius 3 is 2.09 bits per heavy atom. The largest absolute Gasteiger partial charge is 0.497 e. The molecule has 2 aromatic rings. The van der Waals surface area contributed by atoms with Gasteiger partial charge in [-0.1, -0.05) is 49.4 Å². The lowest BCUT2D eigenvalue weighted by molar-refractivity contribution is -0.127. The van der Waals surface area contributed by atoms with Crippen LogP contribution < -0.4 is 4.74 Å². The summed E-state index contributed by atoms with van der Waals surface area (Å²) in [7, 11) is 1.66. The van der Waals surface area contributed by atoms with Gasteiger partial charge in [0.25, 0.3) is 0 Å². The lowest BCUT2D eigenvalue weighted by Gasteiger charge is -2.42. The summed E-state index contributed by atoms with van der Waals surface area (Å²) in [5, 5.41) is 0. The van der Waals surface area contributed by atoms with E-state index in [2.05, 4.69) is 38.1 Å². The van der Waals surface area contributed by atoms with Crippen LogP contribution in [0.5, 0.6) is 5.75 Å². The van der Waals surface area contributed by atoms with Gasteiger partial charge in [0, 0.05) is 6.42 Å². The Morgan fingerprint density at radius 1 is 0.870 bits per heavy atom. The Kier molecular flexibility index (Phi) is 4.01. The first-order valence-corrected chi connectivity index (χ1v) is 8.21. The molecule has 0 amide bonds. The molecule has 1 aliphatic carbocycles. The molecule has 0 saturated heterocycles. The van der Waals surface area contributed by atoms with E-state index in [1.807, 2.05) is 30.3 Å². The summed E-state index contributed by atoms with van der Waals surface area (Å²) in [5.74, 6) is 1.16. The number of hydrogen-bond acceptors (Lipinski definition) is 2. The second kappa shape index (κ2) is 5.84. The fourth-order valence-electron chi connectivity index (χ4n) is 3.65. The number of carbonyl (C=O) groups is 1. The molecule has 2 aromatic carbocycles. The molecule has 2 heteroatoms. The van der Waals surface area contributed by atoms with Gasteiger partial charge in [0.05, 0.1) is 12.5 Å². The van der Waals surface area contributed by atoms with E-state index in [1.54, 1.807) is 7.11 Å². The molecule has 0 N–H and O–H groups in total. The van der Waals surface area contributed by atoms with Gasteiger partial charge in [0.1, 0.15) is 11.5 Å². The highest BCUT2D eigenvalue weighted by Crippen LogP contribution is 2.46. The minimum Gasteiger partial charge on any atom is -0.497 e. The van der Waals surface area contributed by atoms with Crippen molar-refractivity contribution in [3.05, 3.63) is 65.7 Å². The molecular weight excluding hydrogens is 284 g/mol. The molecule has 0 aromatic heterocycles. The number of rotatable bonds is 3. The molecule has 1 aliphatic rings. The van der Waals surface area contributed by atoms with Gasteiger partial charge in [-0.2, -0.15) is 0 Å². The van der Waals surface area contributed by atoms with Gasteiger partial charge in [-0.3, -0.25) is 4.79 Å². The zero-order valence-electron chi connectivity index (χ0n) is 14.1. The summed E-state index contributed by atoms with van der Waals surface area (Å²) in [6.07, 6.45) is 2.49. The molecule has 0 spiro atoms. The van der Waals surface area contributed by atoms with Gasteiger partial charge < -0.3 is 4.74 Å². The van der Waals surface area contributed by atoms with Gasteiger partial charge >= 0.3 is 0 Å². The van der Waals surface area contributed by atoms with Crippen molar-refractivity contribution in [1.29, 1.82) is 0 Å². The molecule has 2 unspecified atom stereocenters. The van der Waals surface area contributed by atoms with Crippen molar-refractivity contribution in [2.24, 2.45) is 0 Å². The van der Waals surface area contributed by atoms with Crippen LogP contribution in [-0.4, -0.2) is 12.9 Å². The lowest BCUT2D eigenvalue weighted by Crippen LogP contribution is -2.44. The third-order valence-electron chi connectivity index (χ3n) is 5.54. The number of benzene rings is 2. The smallest absolute Gasteiger partial charge is 0.143 e. The Bertz CT molecular complexity index is 690. The fourth-order valence-corrected chi connectivity index (χ4v) is 3.65. The summed E-state index contributed by atoms with van der Waals surface area (Å²) in [4.78, 5) is 13.0. The quantitative estimate of drug-likeness (QED) is 0.824. The van der Waals surface area contributed by atoms with Crippen LogP contribution in [-0.2, 0) is 15.6 Å². The highest BCUT2D eigenvalue weighted by Gasteiger charge is 2.45. The number of carbonyl (C=O) groups excluding carboxylic acids is 1. The molecule has 0 heterocycles. The Hall–Kier alpha value is -2.09. The topological polar surface area (TPSA) is 26.3 Å². The monoisotopic (exact) mass is 308 g/mol. The normalized spacial score (nSPS) is 27.7. The van der Waals surface area contributed by atoms with Crippen LogP contribution in [0.4, 0.5) is 0 Å². The van der Waals surface area contributed by atoms with Crippen LogP contribution in [0, 0.1) is 0 Å². The van der Waals surface area contributed by atoms with Crippen LogP contribution in [0.1, 0.15) is 44.2 Å². The predicted molar refractivity (Wildman–Crippen MR) is 93.0 cm³/mol. The summed E-state index contributed by atoms with van der Waals surface area (Å²) in [6.45, 7) is 4.30. The Labute approximate surface area is 138 Å². The molecule has 23 heavy (non-hydrogen) atoms. The average Bonchev–Trinajstić information content (AvgIpc) is 2.59. The number of Topliss-reactive ketones (excluding diaryl/α,β-unsaturated/α-hetero) is 1. The van der Waals surface area contributed by atoms with E-state index < -0.39 is 0 Å². The maximum absolute atomic E-state index is 13.0. The van der Waals surface area contributed by atoms with E-state index in [9.17, 15) is 4.79 Å². The molecule has 120 valence electrons. The van der Waals surface area contributed by atoms with Crippen molar-refractivity contribution in [2.45, 2.75) is 43.9 Å². The first-order valence-electron chi connectivity index (χ1n) is 8.21. The zero-order chi connectivity index (χ0) is 16.5. The molecule has 1 saturated carbocycles. The molecule has 0 aliphatic heterocycles. The molecule has 0 radical (unpaired) electrons. The van der Waals surface area contributed by atoms with Gasteiger partial charge in [0.2, 0.25) is 0 Å². The van der Waals surface area contributed by atoms with Gasteiger partial charge in [-0.25, -0.2) is 0 Å². The average molecular weight is 308 g/mol. The van der Waals surface area contributed by atoms with Crippen molar-refractivity contribution < 1.29 is 9.53 Å². The lowest BCUT2D eigenvalue weighted by atomic mass is 9.60. The molecular formula is C21H24O2. The van der Waals surface area contributed by atoms with E-state index in [4.69, 9.17) is 4.74 Å². The molecule has 2 nitrogen and oxygen atoms in total. The first kappa shape index (κ1) is 15.8. The Balaban J connectivity index is 1.86. The zero-order valence-corrected chi connectivity index (χ0v) is 14.1.